The Hall–Kier alpha value is -3.24. The van der Waals surface area contributed by atoms with Crippen LogP contribution < -0.4 is 10.1 Å². The van der Waals surface area contributed by atoms with Gasteiger partial charge in [0, 0.05) is 49.8 Å². The molecule has 0 spiro atoms. The molecule has 202 valence electrons. The Morgan fingerprint density at radius 1 is 1.26 bits per heavy atom. The van der Waals surface area contributed by atoms with Crippen molar-refractivity contribution in [3.63, 3.8) is 0 Å². The van der Waals surface area contributed by atoms with Gasteiger partial charge < -0.3 is 24.5 Å². The van der Waals surface area contributed by atoms with Gasteiger partial charge in [0.05, 0.1) is 24.2 Å². The van der Waals surface area contributed by atoms with Crippen LogP contribution in [-0.2, 0) is 34.0 Å². The molecule has 38 heavy (non-hydrogen) atoms. The van der Waals surface area contributed by atoms with Gasteiger partial charge in [0.2, 0.25) is 5.91 Å². The number of carbonyl (C=O) groups excluding carboxylic acids is 3. The summed E-state index contributed by atoms with van der Waals surface area (Å²) in [7, 11) is 3.17. The van der Waals surface area contributed by atoms with E-state index >= 15 is 0 Å². The monoisotopic (exact) mass is 523 g/mol. The highest BCUT2D eigenvalue weighted by atomic mass is 19.1. The van der Waals surface area contributed by atoms with Crippen molar-refractivity contribution in [3.8, 4) is 5.75 Å². The quantitative estimate of drug-likeness (QED) is 0.379. The molecule has 2 heterocycles. The fraction of sp³-hybridized carbons (Fsp3) is 0.464. The first-order valence-corrected chi connectivity index (χ1v) is 13.0. The van der Waals surface area contributed by atoms with E-state index in [1.807, 2.05) is 6.07 Å². The topological polar surface area (TPSA) is 88.2 Å². The van der Waals surface area contributed by atoms with E-state index in [-0.39, 0.29) is 55.8 Å². The highest BCUT2D eigenvalue weighted by molar-refractivity contribution is 6.30. The Labute approximate surface area is 223 Å². The zero-order valence-corrected chi connectivity index (χ0v) is 22.5. The van der Waals surface area contributed by atoms with Crippen molar-refractivity contribution >= 4 is 25.9 Å². The Morgan fingerprint density at radius 3 is 2.68 bits per heavy atom. The van der Waals surface area contributed by atoms with Crippen molar-refractivity contribution in [2.24, 2.45) is 0 Å². The number of fused-ring (bicyclic) bond motifs is 1. The molecule has 1 N–H and O–H groups in total. The van der Waals surface area contributed by atoms with Crippen LogP contribution in [0, 0.1) is 5.82 Å². The molecule has 0 aromatic heterocycles. The largest absolute Gasteiger partial charge is 0.488 e. The van der Waals surface area contributed by atoms with E-state index < -0.39 is 5.44 Å². The lowest BCUT2D eigenvalue weighted by Crippen LogP contribution is -2.59. The number of ether oxygens (including phenoxy) is 2. The average molecular weight is 523 g/mol. The van der Waals surface area contributed by atoms with Crippen LogP contribution in [0.1, 0.15) is 53.7 Å². The molecule has 2 aliphatic heterocycles. The number of halogens is 1. The maximum Gasteiger partial charge on any atom is 0.254 e. The second-order valence-electron chi connectivity index (χ2n) is 10.4. The number of nitrogens with zero attached hydrogens (tertiary/aromatic N) is 2. The summed E-state index contributed by atoms with van der Waals surface area (Å²) in [6.45, 7) is 6.58. The summed E-state index contributed by atoms with van der Waals surface area (Å²) >= 11 is 0. The molecule has 0 saturated carbocycles. The molecular weight excluding hydrogens is 488 g/mol. The SMILES string of the molecule is BC(CCC=O)(C(=O)NC)N1Cc2c(OCc3cc(CN4CC(C)OC(C)C4)ccc3F)cccc2C1=O. The summed E-state index contributed by atoms with van der Waals surface area (Å²) in [6.07, 6.45) is 1.38. The fourth-order valence-corrected chi connectivity index (χ4v) is 5.48. The molecular formula is C28H35BFN3O5. The van der Waals surface area contributed by atoms with Gasteiger partial charge in [-0.05, 0) is 50.1 Å². The van der Waals surface area contributed by atoms with E-state index in [9.17, 15) is 18.8 Å². The van der Waals surface area contributed by atoms with Crippen molar-refractivity contribution in [1.82, 2.24) is 15.1 Å². The number of aldehydes is 1. The molecule has 1 fully saturated rings. The minimum Gasteiger partial charge on any atom is -0.488 e. The van der Waals surface area contributed by atoms with Gasteiger partial charge in [0.15, 0.2) is 0 Å². The van der Waals surface area contributed by atoms with Crippen LogP contribution in [0.3, 0.4) is 0 Å². The third-order valence-corrected chi connectivity index (χ3v) is 7.38. The fourth-order valence-electron chi connectivity index (χ4n) is 5.48. The molecule has 8 nitrogen and oxygen atoms in total. The smallest absolute Gasteiger partial charge is 0.254 e. The lowest BCUT2D eigenvalue weighted by molar-refractivity contribution is -0.127. The normalized spacial score (nSPS) is 21.1. The van der Waals surface area contributed by atoms with Gasteiger partial charge in [-0.25, -0.2) is 4.39 Å². The standard InChI is InChI=1S/C28H35BFN3O5/c1-18-13-32(14-19(2)38-18)15-20-8-9-24(30)21(12-20)17-37-25-7-4-6-22-23(25)16-33(26(22)35)28(29,10-5-11-34)27(36)31-3/h4,6-9,11-12,18-19H,5,10,13-17,29H2,1-3H3,(H,31,36). The van der Waals surface area contributed by atoms with Gasteiger partial charge >= 0.3 is 0 Å². The minimum absolute atomic E-state index is 0.00190. The van der Waals surface area contributed by atoms with Gasteiger partial charge in [-0.15, -0.1) is 0 Å². The second-order valence-corrected chi connectivity index (χ2v) is 10.4. The third kappa shape index (κ3) is 5.76. The molecule has 3 unspecified atom stereocenters. The molecule has 1 saturated heterocycles. The van der Waals surface area contributed by atoms with Crippen LogP contribution in [-0.4, -0.2) is 73.5 Å². The van der Waals surface area contributed by atoms with Gasteiger partial charge in [-0.2, -0.15) is 0 Å². The molecule has 3 atom stereocenters. The molecule has 2 aliphatic rings. The number of rotatable bonds is 10. The van der Waals surface area contributed by atoms with Gasteiger partial charge in [-0.3, -0.25) is 14.5 Å². The van der Waals surface area contributed by atoms with Gasteiger partial charge in [0.25, 0.3) is 5.91 Å². The molecule has 0 bridgehead atoms. The Kier molecular flexibility index (Phi) is 8.52. The van der Waals surface area contributed by atoms with E-state index in [0.29, 0.717) is 29.0 Å². The van der Waals surface area contributed by atoms with Crippen LogP contribution in [0.15, 0.2) is 36.4 Å². The van der Waals surface area contributed by atoms with Crippen molar-refractivity contribution in [3.05, 3.63) is 64.5 Å². The molecule has 4 rings (SSSR count). The zero-order valence-electron chi connectivity index (χ0n) is 22.5. The summed E-state index contributed by atoms with van der Waals surface area (Å²) < 4.78 is 26.6. The Balaban J connectivity index is 1.51. The Morgan fingerprint density at radius 2 is 2.00 bits per heavy atom. The number of hydrogen-bond donors (Lipinski definition) is 1. The van der Waals surface area contributed by atoms with Crippen LogP contribution in [0.2, 0.25) is 0 Å². The van der Waals surface area contributed by atoms with Crippen molar-refractivity contribution in [1.29, 1.82) is 0 Å². The van der Waals surface area contributed by atoms with Crippen LogP contribution >= 0.6 is 0 Å². The highest BCUT2D eigenvalue weighted by Gasteiger charge is 2.45. The van der Waals surface area contributed by atoms with Crippen LogP contribution in [0.25, 0.3) is 0 Å². The number of amides is 2. The highest BCUT2D eigenvalue weighted by Crippen LogP contribution is 2.36. The lowest BCUT2D eigenvalue weighted by Gasteiger charge is -2.37. The zero-order chi connectivity index (χ0) is 27.4. The minimum atomic E-state index is -1.20. The first kappa shape index (κ1) is 27.8. The van der Waals surface area contributed by atoms with Crippen LogP contribution in [0.4, 0.5) is 4.39 Å². The maximum absolute atomic E-state index is 14.7. The van der Waals surface area contributed by atoms with Gasteiger partial charge in [-0.1, -0.05) is 12.1 Å². The first-order valence-electron chi connectivity index (χ1n) is 13.0. The number of morpholine rings is 1. The number of benzene rings is 2. The summed E-state index contributed by atoms with van der Waals surface area (Å²) in [5.41, 5.74) is 1.30. The molecule has 2 amide bonds. The molecule has 2 aromatic carbocycles. The van der Waals surface area contributed by atoms with E-state index in [1.54, 1.807) is 32.1 Å². The first-order chi connectivity index (χ1) is 18.2. The average Bonchev–Trinajstić information content (AvgIpc) is 3.24. The number of nitrogens with one attached hydrogen (secondary N) is 1. The predicted molar refractivity (Wildman–Crippen MR) is 143 cm³/mol. The van der Waals surface area contributed by atoms with Crippen molar-refractivity contribution in [2.75, 3.05) is 20.1 Å². The van der Waals surface area contributed by atoms with Crippen molar-refractivity contribution < 1.29 is 28.2 Å². The summed E-state index contributed by atoms with van der Waals surface area (Å²) in [4.78, 5) is 40.9. The van der Waals surface area contributed by atoms with Crippen LogP contribution in [0.5, 0.6) is 5.75 Å². The third-order valence-electron chi connectivity index (χ3n) is 7.38. The van der Waals surface area contributed by atoms with Gasteiger partial charge in [0.1, 0.15) is 32.3 Å². The molecule has 10 heteroatoms. The Bertz CT molecular complexity index is 1200. The predicted octanol–water partition coefficient (Wildman–Crippen LogP) is 2.02. The molecule has 2 aromatic rings. The lowest BCUT2D eigenvalue weighted by atomic mass is 9.71. The molecule has 0 aliphatic carbocycles. The van der Waals surface area contributed by atoms with E-state index in [1.165, 1.54) is 18.0 Å². The molecule has 0 radical (unpaired) electrons. The maximum atomic E-state index is 14.7. The van der Waals surface area contributed by atoms with Crippen molar-refractivity contribution in [2.45, 2.75) is 64.0 Å². The second kappa shape index (κ2) is 11.7. The van der Waals surface area contributed by atoms with E-state index in [4.69, 9.17) is 9.47 Å². The number of likely N-dealkylation sites (N-methyl/N-ethyl adjacent to an activating group) is 1. The summed E-state index contributed by atoms with van der Waals surface area (Å²) in [6, 6.07) is 10.2. The van der Waals surface area contributed by atoms with E-state index in [0.717, 1.165) is 24.9 Å². The number of carbonyl (C=O) groups is 3. The summed E-state index contributed by atoms with van der Waals surface area (Å²) in [5, 5.41) is 2.61. The van der Waals surface area contributed by atoms with E-state index in [2.05, 4.69) is 24.1 Å². The summed E-state index contributed by atoms with van der Waals surface area (Å²) in [5.74, 6) is -0.534. The number of hydrogen-bond acceptors (Lipinski definition) is 6.